The predicted molar refractivity (Wildman–Crippen MR) is 107 cm³/mol. The van der Waals surface area contributed by atoms with Crippen LogP contribution in [0.25, 0.3) is 0 Å². The molecule has 1 aliphatic heterocycles. The Morgan fingerprint density at radius 3 is 2.29 bits per heavy atom. The monoisotopic (exact) mass is 404 g/mol. The van der Waals surface area contributed by atoms with Crippen LogP contribution >= 0.6 is 0 Å². The fourth-order valence-electron chi connectivity index (χ4n) is 3.50. The number of rotatable bonds is 7. The summed E-state index contributed by atoms with van der Waals surface area (Å²) >= 11 is 0. The summed E-state index contributed by atoms with van der Waals surface area (Å²) in [5.74, 6) is -0.246. The van der Waals surface area contributed by atoms with Crippen molar-refractivity contribution in [2.24, 2.45) is 0 Å². The number of hydrogen-bond acceptors (Lipinski definition) is 4. The molecular formula is C21H25FN2O3S. The first-order valence-electron chi connectivity index (χ1n) is 9.29. The van der Waals surface area contributed by atoms with Gasteiger partial charge in [-0.2, -0.15) is 0 Å². The number of halogens is 1. The Morgan fingerprint density at radius 2 is 1.68 bits per heavy atom. The molecule has 0 saturated carbocycles. The first-order chi connectivity index (χ1) is 13.3. The van der Waals surface area contributed by atoms with Crippen LogP contribution in [0, 0.1) is 5.82 Å². The van der Waals surface area contributed by atoms with Crippen molar-refractivity contribution in [1.82, 2.24) is 9.80 Å². The lowest BCUT2D eigenvalue weighted by atomic mass is 10.1. The molecule has 0 spiro atoms. The summed E-state index contributed by atoms with van der Waals surface area (Å²) in [4.78, 5) is 16.6. The minimum Gasteiger partial charge on any atom is -0.333 e. The molecule has 0 N–H and O–H groups in total. The Balaban J connectivity index is 1.69. The predicted octanol–water partition coefficient (Wildman–Crippen LogP) is 2.47. The zero-order valence-electron chi connectivity index (χ0n) is 15.9. The van der Waals surface area contributed by atoms with E-state index >= 15 is 0 Å². The summed E-state index contributed by atoms with van der Waals surface area (Å²) in [5, 5.41) is 0. The first-order valence-corrected chi connectivity index (χ1v) is 11.1. The molecule has 7 heteroatoms. The maximum absolute atomic E-state index is 13.1. The van der Waals surface area contributed by atoms with Crippen molar-refractivity contribution >= 4 is 15.7 Å². The van der Waals surface area contributed by atoms with E-state index in [4.69, 9.17) is 0 Å². The molecule has 1 heterocycles. The molecule has 0 bridgehead atoms. The van der Waals surface area contributed by atoms with E-state index in [1.807, 2.05) is 42.3 Å². The minimum atomic E-state index is -3.09. The maximum atomic E-state index is 13.1. The van der Waals surface area contributed by atoms with E-state index in [1.165, 1.54) is 12.1 Å². The van der Waals surface area contributed by atoms with Gasteiger partial charge in [-0.05, 0) is 36.7 Å². The standard InChI is InChI=1S/C21H25FN2O3S/c1-23(13-18-7-9-19(22)10-8-18)15-21(25)24(14-17-5-3-2-4-6-17)20-11-12-28(26,27)16-20/h2-10,20H,11-16H2,1H3/t20-/m1/s1. The Kier molecular flexibility index (Phi) is 6.46. The Bertz CT molecular complexity index is 901. The molecule has 5 nitrogen and oxygen atoms in total. The smallest absolute Gasteiger partial charge is 0.237 e. The van der Waals surface area contributed by atoms with Gasteiger partial charge in [0.2, 0.25) is 5.91 Å². The van der Waals surface area contributed by atoms with Crippen LogP contribution in [0.2, 0.25) is 0 Å². The van der Waals surface area contributed by atoms with Gasteiger partial charge in [-0.3, -0.25) is 9.69 Å². The number of hydrogen-bond donors (Lipinski definition) is 0. The van der Waals surface area contributed by atoms with E-state index in [9.17, 15) is 17.6 Å². The average Bonchev–Trinajstić information content (AvgIpc) is 3.02. The molecule has 150 valence electrons. The highest BCUT2D eigenvalue weighted by Gasteiger charge is 2.34. The van der Waals surface area contributed by atoms with Crippen LogP contribution in [-0.2, 0) is 27.7 Å². The molecule has 0 unspecified atom stereocenters. The van der Waals surface area contributed by atoms with Crippen LogP contribution in [-0.4, -0.2) is 55.3 Å². The van der Waals surface area contributed by atoms with Crippen LogP contribution in [0.3, 0.4) is 0 Å². The highest BCUT2D eigenvalue weighted by Crippen LogP contribution is 2.21. The number of carbonyl (C=O) groups is 1. The van der Waals surface area contributed by atoms with Crippen LogP contribution in [0.1, 0.15) is 17.5 Å². The summed E-state index contributed by atoms with van der Waals surface area (Å²) in [6.07, 6.45) is 0.475. The Labute approximate surface area is 165 Å². The van der Waals surface area contributed by atoms with Gasteiger partial charge in [0, 0.05) is 19.1 Å². The minimum absolute atomic E-state index is 0.0211. The van der Waals surface area contributed by atoms with Gasteiger partial charge >= 0.3 is 0 Å². The van der Waals surface area contributed by atoms with Gasteiger partial charge in [0.15, 0.2) is 9.84 Å². The second kappa shape index (κ2) is 8.84. The van der Waals surface area contributed by atoms with E-state index in [2.05, 4.69) is 0 Å². The van der Waals surface area contributed by atoms with Gasteiger partial charge < -0.3 is 4.90 Å². The molecule has 0 radical (unpaired) electrons. The van der Waals surface area contributed by atoms with Crippen LogP contribution in [0.4, 0.5) is 4.39 Å². The van der Waals surface area contributed by atoms with Crippen molar-refractivity contribution in [3.8, 4) is 0 Å². The van der Waals surface area contributed by atoms with Crippen molar-refractivity contribution in [1.29, 1.82) is 0 Å². The van der Waals surface area contributed by atoms with Crippen molar-refractivity contribution in [3.63, 3.8) is 0 Å². The quantitative estimate of drug-likeness (QED) is 0.711. The molecule has 28 heavy (non-hydrogen) atoms. The van der Waals surface area contributed by atoms with Crippen LogP contribution in [0.15, 0.2) is 54.6 Å². The summed E-state index contributed by atoms with van der Waals surface area (Å²) < 4.78 is 36.9. The fourth-order valence-corrected chi connectivity index (χ4v) is 5.23. The van der Waals surface area contributed by atoms with Crippen LogP contribution < -0.4 is 0 Å². The number of nitrogens with zero attached hydrogens (tertiary/aromatic N) is 2. The van der Waals surface area contributed by atoms with E-state index < -0.39 is 9.84 Å². The highest BCUT2D eigenvalue weighted by molar-refractivity contribution is 7.91. The van der Waals surface area contributed by atoms with Gasteiger partial charge in [0.05, 0.1) is 18.1 Å². The molecule has 1 fully saturated rings. The molecular weight excluding hydrogens is 379 g/mol. The van der Waals surface area contributed by atoms with Crippen LogP contribution in [0.5, 0.6) is 0 Å². The zero-order chi connectivity index (χ0) is 20.1. The summed E-state index contributed by atoms with van der Waals surface area (Å²) in [6, 6.07) is 15.5. The van der Waals surface area contributed by atoms with Crippen molar-refractivity contribution in [2.45, 2.75) is 25.6 Å². The Morgan fingerprint density at radius 1 is 1.04 bits per heavy atom. The molecule has 2 aromatic carbocycles. The Hall–Kier alpha value is -2.25. The zero-order valence-corrected chi connectivity index (χ0v) is 16.7. The molecule has 1 atom stereocenters. The molecule has 1 aliphatic rings. The second-order valence-electron chi connectivity index (χ2n) is 7.36. The normalized spacial score (nSPS) is 18.3. The van der Waals surface area contributed by atoms with E-state index in [-0.39, 0.29) is 35.8 Å². The summed E-state index contributed by atoms with van der Waals surface area (Å²) in [6.45, 7) is 1.07. The van der Waals surface area contributed by atoms with Crippen molar-refractivity contribution in [2.75, 3.05) is 25.1 Å². The SMILES string of the molecule is CN(CC(=O)N(Cc1ccccc1)[C@@H]1CCS(=O)(=O)C1)Cc1ccc(F)cc1. The molecule has 1 saturated heterocycles. The number of likely N-dealkylation sites (N-methyl/N-ethyl adjacent to an activating group) is 1. The molecule has 0 aromatic heterocycles. The summed E-state index contributed by atoms with van der Waals surface area (Å²) in [5.41, 5.74) is 1.89. The third-order valence-electron chi connectivity index (χ3n) is 4.94. The number of amides is 1. The lowest BCUT2D eigenvalue weighted by Gasteiger charge is -2.30. The number of sulfone groups is 1. The lowest BCUT2D eigenvalue weighted by molar-refractivity contribution is -0.134. The molecule has 0 aliphatic carbocycles. The largest absolute Gasteiger partial charge is 0.333 e. The molecule has 1 amide bonds. The first kappa shape index (κ1) is 20.5. The van der Waals surface area contributed by atoms with E-state index in [0.29, 0.717) is 19.5 Å². The summed E-state index contributed by atoms with van der Waals surface area (Å²) in [7, 11) is -1.26. The molecule has 3 rings (SSSR count). The number of carbonyl (C=O) groups excluding carboxylic acids is 1. The van der Waals surface area contributed by atoms with Gasteiger partial charge in [-0.1, -0.05) is 42.5 Å². The topological polar surface area (TPSA) is 57.7 Å². The average molecular weight is 405 g/mol. The second-order valence-corrected chi connectivity index (χ2v) is 9.59. The third-order valence-corrected chi connectivity index (χ3v) is 6.69. The van der Waals surface area contributed by atoms with E-state index in [0.717, 1.165) is 11.1 Å². The van der Waals surface area contributed by atoms with Gasteiger partial charge in [-0.25, -0.2) is 12.8 Å². The highest BCUT2D eigenvalue weighted by atomic mass is 32.2. The van der Waals surface area contributed by atoms with Gasteiger partial charge in [0.25, 0.3) is 0 Å². The fraction of sp³-hybridized carbons (Fsp3) is 0.381. The maximum Gasteiger partial charge on any atom is 0.237 e. The van der Waals surface area contributed by atoms with E-state index in [1.54, 1.807) is 17.0 Å². The van der Waals surface area contributed by atoms with Gasteiger partial charge in [-0.15, -0.1) is 0 Å². The van der Waals surface area contributed by atoms with Crippen molar-refractivity contribution < 1.29 is 17.6 Å². The van der Waals surface area contributed by atoms with Crippen molar-refractivity contribution in [3.05, 3.63) is 71.5 Å². The van der Waals surface area contributed by atoms with Gasteiger partial charge in [0.1, 0.15) is 5.82 Å². The lowest BCUT2D eigenvalue weighted by Crippen LogP contribution is -2.45. The number of benzene rings is 2. The third kappa shape index (κ3) is 5.62. The molecule has 2 aromatic rings.